The van der Waals surface area contributed by atoms with Gasteiger partial charge in [-0.25, -0.2) is 4.98 Å². The molecular weight excluding hydrogens is 258 g/mol. The maximum atomic E-state index is 9.88. The van der Waals surface area contributed by atoms with Gasteiger partial charge in [0.15, 0.2) is 0 Å². The number of nitrogens with zero attached hydrogens (tertiary/aromatic N) is 1. The molecule has 0 amide bonds. The Balaban J connectivity index is 1.98. The molecule has 1 fully saturated rings. The zero-order valence-corrected chi connectivity index (χ0v) is 9.92. The number of nitrogens with one attached hydrogen (secondary N) is 1. The zero-order valence-electron chi connectivity index (χ0n) is 8.33. The Labute approximate surface area is 97.0 Å². The van der Waals surface area contributed by atoms with Gasteiger partial charge in [0, 0.05) is 17.2 Å². The van der Waals surface area contributed by atoms with Crippen LogP contribution in [0.25, 0.3) is 0 Å². The molecule has 0 radical (unpaired) electrons. The van der Waals surface area contributed by atoms with Crippen molar-refractivity contribution in [1.82, 2.24) is 4.98 Å². The number of hydrogen-bond acceptors (Lipinski definition) is 4. The molecule has 0 aromatic carbocycles. The smallest absolute Gasteiger partial charge is 0.149 e. The summed E-state index contributed by atoms with van der Waals surface area (Å²) in [7, 11) is 0. The van der Waals surface area contributed by atoms with Crippen molar-refractivity contribution in [3.05, 3.63) is 16.7 Å². The van der Waals surface area contributed by atoms with Crippen LogP contribution in [-0.2, 0) is 0 Å². The molecule has 0 bridgehead atoms. The van der Waals surface area contributed by atoms with Crippen LogP contribution in [0.1, 0.15) is 19.3 Å². The number of pyridine rings is 1. The van der Waals surface area contributed by atoms with Gasteiger partial charge in [-0.1, -0.05) is 0 Å². The molecule has 1 aromatic heterocycles. The molecule has 1 heterocycles. The van der Waals surface area contributed by atoms with E-state index in [0.717, 1.165) is 23.7 Å². The highest BCUT2D eigenvalue weighted by atomic mass is 79.9. The molecule has 0 aliphatic heterocycles. The van der Waals surface area contributed by atoms with Crippen molar-refractivity contribution in [1.29, 1.82) is 0 Å². The van der Waals surface area contributed by atoms with E-state index in [-0.39, 0.29) is 0 Å². The SMILES string of the molecule is Nc1cc(Br)cnc1NCC1(O)CCC1. The second-order valence-corrected chi connectivity index (χ2v) is 4.94. The molecule has 5 heteroatoms. The molecule has 0 unspecified atom stereocenters. The van der Waals surface area contributed by atoms with Crippen LogP contribution >= 0.6 is 15.9 Å². The first-order valence-electron chi connectivity index (χ1n) is 4.96. The van der Waals surface area contributed by atoms with Crippen LogP contribution in [0.5, 0.6) is 0 Å². The molecule has 0 atom stereocenters. The van der Waals surface area contributed by atoms with Gasteiger partial charge in [0.05, 0.1) is 11.3 Å². The summed E-state index contributed by atoms with van der Waals surface area (Å²) in [6.45, 7) is 0.520. The Morgan fingerprint density at radius 1 is 1.60 bits per heavy atom. The predicted molar refractivity (Wildman–Crippen MR) is 63.6 cm³/mol. The number of anilines is 2. The van der Waals surface area contributed by atoms with E-state index in [1.54, 1.807) is 12.3 Å². The van der Waals surface area contributed by atoms with Crippen LogP contribution in [0.4, 0.5) is 11.5 Å². The summed E-state index contributed by atoms with van der Waals surface area (Å²) in [5.41, 5.74) is 5.81. The van der Waals surface area contributed by atoms with E-state index < -0.39 is 5.60 Å². The summed E-state index contributed by atoms with van der Waals surface area (Å²) < 4.78 is 0.855. The molecule has 0 saturated heterocycles. The van der Waals surface area contributed by atoms with Crippen molar-refractivity contribution in [3.8, 4) is 0 Å². The Kier molecular flexibility index (Phi) is 2.84. The fraction of sp³-hybridized carbons (Fsp3) is 0.500. The lowest BCUT2D eigenvalue weighted by Crippen LogP contribution is -2.43. The van der Waals surface area contributed by atoms with Crippen molar-refractivity contribution in [2.75, 3.05) is 17.6 Å². The fourth-order valence-corrected chi connectivity index (χ4v) is 1.96. The molecule has 0 spiro atoms. The minimum absolute atomic E-state index is 0.520. The van der Waals surface area contributed by atoms with Crippen molar-refractivity contribution >= 4 is 27.4 Å². The van der Waals surface area contributed by atoms with E-state index in [1.165, 1.54) is 0 Å². The molecule has 1 aliphatic carbocycles. The topological polar surface area (TPSA) is 71.2 Å². The van der Waals surface area contributed by atoms with Crippen LogP contribution < -0.4 is 11.1 Å². The molecule has 1 saturated carbocycles. The summed E-state index contributed by atoms with van der Waals surface area (Å²) in [5.74, 6) is 0.638. The van der Waals surface area contributed by atoms with Gasteiger partial charge in [0.1, 0.15) is 5.82 Å². The van der Waals surface area contributed by atoms with Gasteiger partial charge < -0.3 is 16.2 Å². The summed E-state index contributed by atoms with van der Waals surface area (Å²) in [5, 5.41) is 13.0. The average molecular weight is 272 g/mol. The van der Waals surface area contributed by atoms with Crippen molar-refractivity contribution in [2.45, 2.75) is 24.9 Å². The van der Waals surface area contributed by atoms with Gasteiger partial charge in [-0.3, -0.25) is 0 Å². The van der Waals surface area contributed by atoms with E-state index in [2.05, 4.69) is 26.2 Å². The first-order chi connectivity index (χ1) is 7.09. The van der Waals surface area contributed by atoms with Crippen molar-refractivity contribution in [2.24, 2.45) is 0 Å². The van der Waals surface area contributed by atoms with Crippen molar-refractivity contribution in [3.63, 3.8) is 0 Å². The Bertz CT molecular complexity index is 366. The number of halogens is 1. The van der Waals surface area contributed by atoms with Gasteiger partial charge in [0.2, 0.25) is 0 Å². The van der Waals surface area contributed by atoms with E-state index in [0.29, 0.717) is 18.1 Å². The van der Waals surface area contributed by atoms with E-state index in [4.69, 9.17) is 5.73 Å². The zero-order chi connectivity index (χ0) is 10.9. The molecule has 15 heavy (non-hydrogen) atoms. The summed E-state index contributed by atoms with van der Waals surface area (Å²) in [4.78, 5) is 4.15. The Morgan fingerprint density at radius 2 is 2.33 bits per heavy atom. The van der Waals surface area contributed by atoms with Gasteiger partial charge in [0.25, 0.3) is 0 Å². The number of nitrogens with two attached hydrogens (primary N) is 1. The van der Waals surface area contributed by atoms with Crippen LogP contribution in [0.2, 0.25) is 0 Å². The standard InChI is InChI=1S/C10H14BrN3O/c11-7-4-8(12)9(13-5-7)14-6-10(15)2-1-3-10/h4-5,15H,1-3,6,12H2,(H,13,14). The molecule has 1 aromatic rings. The van der Waals surface area contributed by atoms with Crippen molar-refractivity contribution < 1.29 is 5.11 Å². The van der Waals surface area contributed by atoms with Crippen LogP contribution in [0.15, 0.2) is 16.7 Å². The van der Waals surface area contributed by atoms with Gasteiger partial charge in [-0.15, -0.1) is 0 Å². The monoisotopic (exact) mass is 271 g/mol. The highest BCUT2D eigenvalue weighted by molar-refractivity contribution is 9.10. The Hall–Kier alpha value is -0.810. The third-order valence-corrected chi connectivity index (χ3v) is 3.19. The molecule has 4 N–H and O–H groups in total. The first-order valence-corrected chi connectivity index (χ1v) is 5.76. The van der Waals surface area contributed by atoms with Crippen LogP contribution in [0, 0.1) is 0 Å². The molecule has 2 rings (SSSR count). The maximum Gasteiger partial charge on any atom is 0.149 e. The van der Waals surface area contributed by atoms with E-state index >= 15 is 0 Å². The first kappa shape index (κ1) is 10.7. The highest BCUT2D eigenvalue weighted by Gasteiger charge is 2.34. The largest absolute Gasteiger partial charge is 0.396 e. The lowest BCUT2D eigenvalue weighted by molar-refractivity contribution is -0.0202. The third-order valence-electron chi connectivity index (χ3n) is 2.75. The summed E-state index contributed by atoms with van der Waals surface area (Å²) in [6.07, 6.45) is 4.50. The van der Waals surface area contributed by atoms with E-state index in [9.17, 15) is 5.11 Å². The van der Waals surface area contributed by atoms with E-state index in [1.807, 2.05) is 0 Å². The van der Waals surface area contributed by atoms with Gasteiger partial charge in [-0.05, 0) is 41.3 Å². The minimum atomic E-state index is -0.554. The number of rotatable bonds is 3. The minimum Gasteiger partial charge on any atom is -0.396 e. The second-order valence-electron chi connectivity index (χ2n) is 4.02. The lowest BCUT2D eigenvalue weighted by Gasteiger charge is -2.36. The second kappa shape index (κ2) is 3.98. The summed E-state index contributed by atoms with van der Waals surface area (Å²) in [6, 6.07) is 1.79. The third kappa shape index (κ3) is 2.41. The Morgan fingerprint density at radius 3 is 2.87 bits per heavy atom. The number of aliphatic hydroxyl groups is 1. The number of hydrogen-bond donors (Lipinski definition) is 3. The molecule has 1 aliphatic rings. The predicted octanol–water partition coefficient (Wildman–Crippen LogP) is 1.75. The van der Waals surface area contributed by atoms with Gasteiger partial charge in [-0.2, -0.15) is 0 Å². The maximum absolute atomic E-state index is 9.88. The average Bonchev–Trinajstić information content (AvgIpc) is 2.14. The number of aromatic nitrogens is 1. The van der Waals surface area contributed by atoms with Gasteiger partial charge >= 0.3 is 0 Å². The molecule has 4 nitrogen and oxygen atoms in total. The lowest BCUT2D eigenvalue weighted by atomic mass is 9.80. The highest BCUT2D eigenvalue weighted by Crippen LogP contribution is 2.32. The number of nitrogen functional groups attached to an aromatic ring is 1. The molecule has 82 valence electrons. The quantitative estimate of drug-likeness (QED) is 0.784. The molecular formula is C10H14BrN3O. The fourth-order valence-electron chi connectivity index (χ4n) is 1.61. The van der Waals surface area contributed by atoms with Crippen LogP contribution in [0.3, 0.4) is 0 Å². The summed E-state index contributed by atoms with van der Waals surface area (Å²) >= 11 is 3.29. The van der Waals surface area contributed by atoms with Crippen LogP contribution in [-0.4, -0.2) is 22.2 Å². The normalized spacial score (nSPS) is 18.3.